The highest BCUT2D eigenvalue weighted by Gasteiger charge is 2.22. The number of anilines is 1. The third-order valence-electron chi connectivity index (χ3n) is 3.70. The smallest absolute Gasteiger partial charge is 0.224 e. The van der Waals surface area contributed by atoms with Gasteiger partial charge in [-0.3, -0.25) is 4.79 Å². The van der Waals surface area contributed by atoms with Crippen LogP contribution >= 0.6 is 11.3 Å². The first-order valence-electron chi connectivity index (χ1n) is 7.28. The monoisotopic (exact) mass is 301 g/mol. The highest BCUT2D eigenvalue weighted by Crippen LogP contribution is 2.17. The van der Waals surface area contributed by atoms with Crippen molar-refractivity contribution < 1.29 is 4.79 Å². The van der Waals surface area contributed by atoms with E-state index in [1.54, 1.807) is 11.3 Å². The van der Waals surface area contributed by atoms with Crippen LogP contribution in [0.2, 0.25) is 0 Å². The van der Waals surface area contributed by atoms with Crippen molar-refractivity contribution in [3.63, 3.8) is 0 Å². The molecule has 2 aromatic heterocycles. The number of nitrogens with one attached hydrogen (secondary N) is 1. The summed E-state index contributed by atoms with van der Waals surface area (Å²) in [5.41, 5.74) is 1.09. The maximum atomic E-state index is 12.1. The van der Waals surface area contributed by atoms with E-state index in [2.05, 4.69) is 15.2 Å². The van der Waals surface area contributed by atoms with Crippen LogP contribution in [0, 0.1) is 0 Å². The molecule has 110 valence electrons. The third-order valence-corrected chi connectivity index (χ3v) is 4.44. The summed E-state index contributed by atoms with van der Waals surface area (Å²) >= 11 is 1.63. The summed E-state index contributed by atoms with van der Waals surface area (Å²) in [6, 6.07) is 8.17. The molecule has 0 saturated carbocycles. The van der Waals surface area contributed by atoms with Gasteiger partial charge in [0.15, 0.2) is 0 Å². The molecule has 0 radical (unpaired) electrons. The molecule has 0 aliphatic carbocycles. The average molecular weight is 301 g/mol. The number of aromatic nitrogens is 1. The molecule has 1 amide bonds. The van der Waals surface area contributed by atoms with Crippen LogP contribution in [0.3, 0.4) is 0 Å². The number of piperidine rings is 1. The molecule has 3 rings (SSSR count). The molecule has 0 bridgehead atoms. The molecular formula is C16H19N3OS. The summed E-state index contributed by atoms with van der Waals surface area (Å²) in [5, 5.41) is 7.19. The molecule has 1 N–H and O–H groups in total. The van der Waals surface area contributed by atoms with Crippen molar-refractivity contribution in [1.29, 1.82) is 0 Å². The molecule has 21 heavy (non-hydrogen) atoms. The van der Waals surface area contributed by atoms with Gasteiger partial charge in [-0.25, -0.2) is 4.98 Å². The first-order chi connectivity index (χ1) is 10.3. The van der Waals surface area contributed by atoms with Gasteiger partial charge in [0.25, 0.3) is 0 Å². The van der Waals surface area contributed by atoms with Crippen molar-refractivity contribution in [2.75, 3.05) is 18.0 Å². The zero-order valence-electron chi connectivity index (χ0n) is 11.9. The number of hydrogen-bond donors (Lipinski definition) is 1. The second kappa shape index (κ2) is 6.72. The van der Waals surface area contributed by atoms with Crippen molar-refractivity contribution in [2.24, 2.45) is 0 Å². The molecule has 1 aliphatic heterocycles. The van der Waals surface area contributed by atoms with Crippen LogP contribution in [0.4, 0.5) is 5.82 Å². The van der Waals surface area contributed by atoms with E-state index in [0.29, 0.717) is 6.42 Å². The number of carbonyl (C=O) groups is 1. The molecule has 1 aliphatic rings. The molecule has 3 heterocycles. The predicted molar refractivity (Wildman–Crippen MR) is 85.6 cm³/mol. The van der Waals surface area contributed by atoms with Gasteiger partial charge in [-0.2, -0.15) is 11.3 Å². The molecule has 1 fully saturated rings. The van der Waals surface area contributed by atoms with Crippen molar-refractivity contribution in [3.05, 3.63) is 46.8 Å². The Morgan fingerprint density at radius 2 is 2.38 bits per heavy atom. The minimum Gasteiger partial charge on any atom is -0.355 e. The average Bonchev–Trinajstić information content (AvgIpc) is 3.01. The lowest BCUT2D eigenvalue weighted by atomic mass is 10.1. The maximum Gasteiger partial charge on any atom is 0.224 e. The second-order valence-electron chi connectivity index (χ2n) is 5.35. The quantitative estimate of drug-likeness (QED) is 0.943. The fourth-order valence-electron chi connectivity index (χ4n) is 2.70. The Bertz CT molecular complexity index is 570. The Hall–Kier alpha value is -1.88. The van der Waals surface area contributed by atoms with E-state index >= 15 is 0 Å². The van der Waals surface area contributed by atoms with Gasteiger partial charge in [0, 0.05) is 25.3 Å². The lowest BCUT2D eigenvalue weighted by Crippen LogP contribution is -2.48. The van der Waals surface area contributed by atoms with Crippen molar-refractivity contribution >= 4 is 23.1 Å². The Kier molecular flexibility index (Phi) is 4.50. The van der Waals surface area contributed by atoms with Crippen molar-refractivity contribution in [3.8, 4) is 0 Å². The fraction of sp³-hybridized carbons (Fsp3) is 0.375. The summed E-state index contributed by atoms with van der Waals surface area (Å²) in [5.74, 6) is 1.11. The van der Waals surface area contributed by atoms with E-state index in [1.807, 2.05) is 41.2 Å². The highest BCUT2D eigenvalue weighted by molar-refractivity contribution is 7.07. The molecule has 0 spiro atoms. The highest BCUT2D eigenvalue weighted by atomic mass is 32.1. The predicted octanol–water partition coefficient (Wildman–Crippen LogP) is 2.47. The van der Waals surface area contributed by atoms with E-state index in [9.17, 15) is 4.79 Å². The van der Waals surface area contributed by atoms with Crippen LogP contribution in [0.25, 0.3) is 0 Å². The second-order valence-corrected chi connectivity index (χ2v) is 6.13. The van der Waals surface area contributed by atoms with Crippen LogP contribution in [-0.2, 0) is 11.2 Å². The minimum atomic E-state index is 0.112. The number of thiophene rings is 1. The van der Waals surface area contributed by atoms with Crippen LogP contribution < -0.4 is 10.2 Å². The minimum absolute atomic E-state index is 0.112. The van der Waals surface area contributed by atoms with E-state index < -0.39 is 0 Å². The van der Waals surface area contributed by atoms with Gasteiger partial charge < -0.3 is 10.2 Å². The Balaban J connectivity index is 1.55. The Labute approximate surface area is 128 Å². The number of pyridine rings is 1. The standard InChI is InChI=1S/C16H19N3OS/c20-16(10-13-6-9-21-12-13)18-14-4-3-8-19(11-14)15-5-1-2-7-17-15/h1-2,5-7,9,12,14H,3-4,8,10-11H2,(H,18,20)/t14-/m0/s1. The van der Waals surface area contributed by atoms with Gasteiger partial charge >= 0.3 is 0 Å². The molecular weight excluding hydrogens is 282 g/mol. The van der Waals surface area contributed by atoms with E-state index in [-0.39, 0.29) is 11.9 Å². The summed E-state index contributed by atoms with van der Waals surface area (Å²) < 4.78 is 0. The first kappa shape index (κ1) is 14.1. The number of hydrogen-bond acceptors (Lipinski definition) is 4. The maximum absolute atomic E-state index is 12.1. The van der Waals surface area contributed by atoms with Gasteiger partial charge in [0.05, 0.1) is 6.42 Å². The van der Waals surface area contributed by atoms with Crippen LogP contribution in [0.15, 0.2) is 41.2 Å². The number of amides is 1. The van der Waals surface area contributed by atoms with E-state index in [0.717, 1.165) is 37.3 Å². The van der Waals surface area contributed by atoms with Crippen LogP contribution in [0.1, 0.15) is 18.4 Å². The number of rotatable bonds is 4. The topological polar surface area (TPSA) is 45.2 Å². The summed E-state index contributed by atoms with van der Waals surface area (Å²) in [6.45, 7) is 1.85. The third kappa shape index (κ3) is 3.82. The lowest BCUT2D eigenvalue weighted by Gasteiger charge is -2.34. The van der Waals surface area contributed by atoms with Crippen LogP contribution in [-0.4, -0.2) is 30.0 Å². The summed E-state index contributed by atoms with van der Waals surface area (Å²) in [7, 11) is 0. The molecule has 1 atom stereocenters. The van der Waals surface area contributed by atoms with E-state index in [4.69, 9.17) is 0 Å². The normalized spacial score (nSPS) is 18.5. The first-order valence-corrected chi connectivity index (χ1v) is 8.22. The van der Waals surface area contributed by atoms with Gasteiger partial charge in [-0.15, -0.1) is 0 Å². The molecule has 2 aromatic rings. The molecule has 5 heteroatoms. The zero-order valence-corrected chi connectivity index (χ0v) is 12.7. The fourth-order valence-corrected chi connectivity index (χ4v) is 3.37. The Morgan fingerprint density at radius 1 is 1.43 bits per heavy atom. The van der Waals surface area contributed by atoms with Gasteiger partial charge in [-0.05, 0) is 47.4 Å². The number of nitrogens with zero attached hydrogens (tertiary/aromatic N) is 2. The van der Waals surface area contributed by atoms with Crippen molar-refractivity contribution in [1.82, 2.24) is 10.3 Å². The van der Waals surface area contributed by atoms with Crippen molar-refractivity contribution in [2.45, 2.75) is 25.3 Å². The SMILES string of the molecule is O=C(Cc1ccsc1)N[C@H]1CCCN(c2ccccn2)C1. The molecule has 1 saturated heterocycles. The lowest BCUT2D eigenvalue weighted by molar-refractivity contribution is -0.121. The van der Waals surface area contributed by atoms with Crippen LogP contribution in [0.5, 0.6) is 0 Å². The molecule has 4 nitrogen and oxygen atoms in total. The van der Waals surface area contributed by atoms with Gasteiger partial charge in [0.2, 0.25) is 5.91 Å². The van der Waals surface area contributed by atoms with Gasteiger partial charge in [-0.1, -0.05) is 6.07 Å². The molecule has 0 aromatic carbocycles. The zero-order chi connectivity index (χ0) is 14.5. The van der Waals surface area contributed by atoms with E-state index in [1.165, 1.54) is 0 Å². The van der Waals surface area contributed by atoms with Gasteiger partial charge in [0.1, 0.15) is 5.82 Å². The summed E-state index contributed by atoms with van der Waals surface area (Å²) in [4.78, 5) is 18.7. The molecule has 0 unspecified atom stereocenters. The number of carbonyl (C=O) groups excluding carboxylic acids is 1. The largest absolute Gasteiger partial charge is 0.355 e. The summed E-state index contributed by atoms with van der Waals surface area (Å²) in [6.07, 6.45) is 4.41. The Morgan fingerprint density at radius 3 is 3.14 bits per heavy atom.